The van der Waals surface area contributed by atoms with Crippen molar-refractivity contribution in [1.29, 1.82) is 0 Å². The lowest BCUT2D eigenvalue weighted by atomic mass is 10.1. The van der Waals surface area contributed by atoms with Crippen LogP contribution in [0, 0.1) is 0 Å². The van der Waals surface area contributed by atoms with E-state index in [-0.39, 0.29) is 5.91 Å². The lowest BCUT2D eigenvalue weighted by molar-refractivity contribution is -0.129. The third-order valence-corrected chi connectivity index (χ3v) is 2.22. The molecule has 0 spiro atoms. The molecule has 0 aromatic heterocycles. The Morgan fingerprint density at radius 2 is 2.45 bits per heavy atom. The Labute approximate surface area is 67.8 Å². The number of carbonyl (C=O) groups is 1. The molecule has 1 fully saturated rings. The van der Waals surface area contributed by atoms with E-state index in [0.717, 1.165) is 19.5 Å². The quantitative estimate of drug-likeness (QED) is 0.589. The summed E-state index contributed by atoms with van der Waals surface area (Å²) in [6.45, 7) is 3.88. The summed E-state index contributed by atoms with van der Waals surface area (Å²) < 4.78 is 0. The monoisotopic (exact) mass is 156 g/mol. The molecule has 0 bridgehead atoms. The highest BCUT2D eigenvalue weighted by molar-refractivity contribution is 5.76. The van der Waals surface area contributed by atoms with Crippen molar-refractivity contribution in [3.8, 4) is 0 Å². The first-order chi connectivity index (χ1) is 5.24. The smallest absolute Gasteiger partial charge is 0.223 e. The molecular weight excluding hydrogens is 140 g/mol. The van der Waals surface area contributed by atoms with E-state index in [2.05, 4.69) is 12.2 Å². The van der Waals surface area contributed by atoms with Crippen molar-refractivity contribution in [1.82, 2.24) is 10.2 Å². The van der Waals surface area contributed by atoms with Gasteiger partial charge in [-0.05, 0) is 6.42 Å². The lowest BCUT2D eigenvalue weighted by Gasteiger charge is -2.12. The van der Waals surface area contributed by atoms with Crippen LogP contribution >= 0.6 is 0 Å². The number of amides is 1. The number of likely N-dealkylation sites (N-methyl/N-ethyl adjacent to an activating group) is 1. The predicted molar refractivity (Wildman–Crippen MR) is 44.3 cm³/mol. The van der Waals surface area contributed by atoms with E-state index in [1.165, 1.54) is 0 Å². The van der Waals surface area contributed by atoms with Crippen LogP contribution in [0.1, 0.15) is 19.8 Å². The molecule has 1 amide bonds. The molecule has 1 N–H and O–H groups in total. The van der Waals surface area contributed by atoms with Crippen LogP contribution in [0.3, 0.4) is 0 Å². The number of hydrogen-bond acceptors (Lipinski definition) is 2. The number of carbonyl (C=O) groups excluding carboxylic acids is 1. The van der Waals surface area contributed by atoms with Gasteiger partial charge in [-0.2, -0.15) is 0 Å². The summed E-state index contributed by atoms with van der Waals surface area (Å²) in [7, 11) is 1.86. The number of nitrogens with one attached hydrogen (secondary N) is 1. The summed E-state index contributed by atoms with van der Waals surface area (Å²) in [5, 5.41) is 3.33. The van der Waals surface area contributed by atoms with Crippen molar-refractivity contribution in [3.63, 3.8) is 0 Å². The Morgan fingerprint density at radius 1 is 1.73 bits per heavy atom. The molecule has 1 rings (SSSR count). The first kappa shape index (κ1) is 8.53. The number of nitrogens with zero attached hydrogens (tertiary/aromatic N) is 1. The largest absolute Gasteiger partial charge is 0.344 e. The summed E-state index contributed by atoms with van der Waals surface area (Å²) in [4.78, 5) is 13.1. The Morgan fingerprint density at radius 3 is 3.09 bits per heavy atom. The zero-order valence-corrected chi connectivity index (χ0v) is 7.26. The molecule has 64 valence electrons. The van der Waals surface area contributed by atoms with Gasteiger partial charge in [0.2, 0.25) is 5.91 Å². The van der Waals surface area contributed by atoms with E-state index < -0.39 is 0 Å². The molecule has 1 aliphatic heterocycles. The molecule has 0 saturated carbocycles. The van der Waals surface area contributed by atoms with E-state index in [0.29, 0.717) is 12.5 Å². The Hall–Kier alpha value is -0.570. The molecule has 1 aliphatic rings. The van der Waals surface area contributed by atoms with Gasteiger partial charge < -0.3 is 10.2 Å². The maximum absolute atomic E-state index is 11.3. The van der Waals surface area contributed by atoms with Gasteiger partial charge in [-0.3, -0.25) is 4.79 Å². The average Bonchev–Trinajstić information content (AvgIpc) is 2.15. The predicted octanol–water partition coefficient (Wildman–Crippen LogP) is 0.217. The van der Waals surface area contributed by atoms with Gasteiger partial charge in [-0.1, -0.05) is 6.92 Å². The van der Waals surface area contributed by atoms with Crippen LogP contribution in [-0.4, -0.2) is 37.0 Å². The maximum Gasteiger partial charge on any atom is 0.223 e. The fraction of sp³-hybridized carbons (Fsp3) is 0.875. The van der Waals surface area contributed by atoms with Crippen LogP contribution in [0.4, 0.5) is 0 Å². The van der Waals surface area contributed by atoms with Crippen LogP contribution in [0.25, 0.3) is 0 Å². The van der Waals surface area contributed by atoms with Gasteiger partial charge in [0.05, 0.1) is 0 Å². The molecule has 1 unspecified atom stereocenters. The maximum atomic E-state index is 11.3. The van der Waals surface area contributed by atoms with E-state index >= 15 is 0 Å². The van der Waals surface area contributed by atoms with Crippen molar-refractivity contribution in [2.75, 3.05) is 20.1 Å². The van der Waals surface area contributed by atoms with Crippen LogP contribution in [-0.2, 0) is 4.79 Å². The van der Waals surface area contributed by atoms with Gasteiger partial charge in [0.15, 0.2) is 0 Å². The van der Waals surface area contributed by atoms with Gasteiger partial charge in [-0.25, -0.2) is 0 Å². The molecule has 11 heavy (non-hydrogen) atoms. The molecule has 1 saturated heterocycles. The topological polar surface area (TPSA) is 32.3 Å². The Kier molecular flexibility index (Phi) is 2.88. The molecule has 0 aromatic carbocycles. The van der Waals surface area contributed by atoms with Gasteiger partial charge in [0.25, 0.3) is 0 Å². The Bertz CT molecular complexity index is 147. The van der Waals surface area contributed by atoms with Gasteiger partial charge in [0.1, 0.15) is 0 Å². The molecule has 3 heteroatoms. The lowest BCUT2D eigenvalue weighted by Crippen LogP contribution is -2.29. The number of rotatable bonds is 1. The summed E-state index contributed by atoms with van der Waals surface area (Å²) in [6, 6.07) is 0.396. The average molecular weight is 156 g/mol. The summed E-state index contributed by atoms with van der Waals surface area (Å²) in [5.41, 5.74) is 0. The normalized spacial score (nSPS) is 26.9. The van der Waals surface area contributed by atoms with E-state index in [9.17, 15) is 4.79 Å². The van der Waals surface area contributed by atoms with Crippen LogP contribution < -0.4 is 5.32 Å². The third-order valence-electron chi connectivity index (χ3n) is 2.22. The van der Waals surface area contributed by atoms with Gasteiger partial charge in [0, 0.05) is 32.6 Å². The summed E-state index contributed by atoms with van der Waals surface area (Å²) >= 11 is 0. The van der Waals surface area contributed by atoms with Crippen LogP contribution in [0.15, 0.2) is 0 Å². The van der Waals surface area contributed by atoms with E-state index in [1.54, 1.807) is 4.90 Å². The van der Waals surface area contributed by atoms with E-state index in [1.807, 2.05) is 7.05 Å². The standard InChI is InChI=1S/C8H16N2O/c1-3-7-6-8(11)10(2)5-4-9-7/h7,9H,3-6H2,1-2H3. The van der Waals surface area contributed by atoms with Crippen molar-refractivity contribution < 1.29 is 4.79 Å². The van der Waals surface area contributed by atoms with Gasteiger partial charge in [-0.15, -0.1) is 0 Å². The minimum absolute atomic E-state index is 0.266. The minimum Gasteiger partial charge on any atom is -0.344 e. The molecule has 0 aliphatic carbocycles. The molecule has 1 atom stereocenters. The van der Waals surface area contributed by atoms with Crippen LogP contribution in [0.5, 0.6) is 0 Å². The molecule has 0 aromatic rings. The summed E-state index contributed by atoms with van der Waals surface area (Å²) in [6.07, 6.45) is 1.70. The second-order valence-electron chi connectivity index (χ2n) is 3.08. The fourth-order valence-corrected chi connectivity index (χ4v) is 1.29. The van der Waals surface area contributed by atoms with Gasteiger partial charge >= 0.3 is 0 Å². The minimum atomic E-state index is 0.266. The van der Waals surface area contributed by atoms with E-state index in [4.69, 9.17) is 0 Å². The zero-order valence-electron chi connectivity index (χ0n) is 7.26. The van der Waals surface area contributed by atoms with Crippen molar-refractivity contribution in [2.45, 2.75) is 25.8 Å². The molecular formula is C8H16N2O. The molecule has 0 radical (unpaired) electrons. The van der Waals surface area contributed by atoms with Crippen molar-refractivity contribution >= 4 is 5.91 Å². The van der Waals surface area contributed by atoms with Crippen molar-refractivity contribution in [3.05, 3.63) is 0 Å². The number of hydrogen-bond donors (Lipinski definition) is 1. The SMILES string of the molecule is CCC1CC(=O)N(C)CCN1. The first-order valence-corrected chi connectivity index (χ1v) is 4.21. The van der Waals surface area contributed by atoms with Crippen LogP contribution in [0.2, 0.25) is 0 Å². The highest BCUT2D eigenvalue weighted by atomic mass is 16.2. The second-order valence-corrected chi connectivity index (χ2v) is 3.08. The highest BCUT2D eigenvalue weighted by Gasteiger charge is 2.18. The van der Waals surface area contributed by atoms with Crippen molar-refractivity contribution in [2.24, 2.45) is 0 Å². The first-order valence-electron chi connectivity index (χ1n) is 4.21. The Balaban J connectivity index is 2.48. The highest BCUT2D eigenvalue weighted by Crippen LogP contribution is 2.03. The third kappa shape index (κ3) is 2.19. The molecule has 3 nitrogen and oxygen atoms in total. The fourth-order valence-electron chi connectivity index (χ4n) is 1.29. The molecule has 1 heterocycles. The zero-order chi connectivity index (χ0) is 8.27. The summed E-state index contributed by atoms with van der Waals surface area (Å²) in [5.74, 6) is 0.266. The second kappa shape index (κ2) is 3.72.